The van der Waals surface area contributed by atoms with Crippen molar-refractivity contribution in [2.24, 2.45) is 5.41 Å². The molecule has 2 aliphatic rings. The fourth-order valence-corrected chi connectivity index (χ4v) is 3.48. The van der Waals surface area contributed by atoms with Crippen LogP contribution in [0.3, 0.4) is 0 Å². The molecule has 4 heteroatoms. The van der Waals surface area contributed by atoms with Gasteiger partial charge >= 0.3 is 11.9 Å². The van der Waals surface area contributed by atoms with E-state index >= 15 is 0 Å². The van der Waals surface area contributed by atoms with Gasteiger partial charge in [0.2, 0.25) is 0 Å². The Labute approximate surface area is 146 Å². The summed E-state index contributed by atoms with van der Waals surface area (Å²) in [5.74, 6) is -0.776. The molecule has 2 rings (SSSR count). The number of esters is 2. The number of ether oxygens (including phenoxy) is 2. The van der Waals surface area contributed by atoms with Crippen LogP contribution in [0.25, 0.3) is 0 Å². The minimum Gasteiger partial charge on any atom is -0.459 e. The predicted octanol–water partition coefficient (Wildman–Crippen LogP) is 4.71. The zero-order valence-electron chi connectivity index (χ0n) is 15.4. The number of hydrogen-bond donors (Lipinski definition) is 0. The largest absolute Gasteiger partial charge is 0.459 e. The van der Waals surface area contributed by atoms with E-state index in [4.69, 9.17) is 9.47 Å². The average molecular weight is 336 g/mol. The van der Waals surface area contributed by atoms with Crippen molar-refractivity contribution >= 4 is 11.9 Å². The molecule has 0 atom stereocenters. The predicted molar refractivity (Wildman–Crippen MR) is 93.5 cm³/mol. The summed E-state index contributed by atoms with van der Waals surface area (Å²) in [4.78, 5) is 24.8. The second kappa shape index (κ2) is 8.68. The smallest absolute Gasteiger partial charge is 0.335 e. The van der Waals surface area contributed by atoms with Crippen LogP contribution in [-0.2, 0) is 19.1 Å². The summed E-state index contributed by atoms with van der Waals surface area (Å²) in [6.45, 7) is 5.78. The van der Waals surface area contributed by atoms with E-state index in [0.717, 1.165) is 51.4 Å². The second-order valence-corrected chi connectivity index (χ2v) is 8.17. The van der Waals surface area contributed by atoms with Crippen molar-refractivity contribution < 1.29 is 19.1 Å². The van der Waals surface area contributed by atoms with E-state index in [0.29, 0.717) is 5.57 Å². The zero-order chi connectivity index (χ0) is 17.6. The lowest BCUT2D eigenvalue weighted by molar-refractivity contribution is -0.149. The molecule has 0 aliphatic heterocycles. The molecule has 0 spiro atoms. The summed E-state index contributed by atoms with van der Waals surface area (Å²) in [7, 11) is 0. The molecule has 0 saturated heterocycles. The second-order valence-electron chi connectivity index (χ2n) is 8.17. The highest BCUT2D eigenvalue weighted by molar-refractivity contribution is 5.97. The Morgan fingerprint density at radius 1 is 0.792 bits per heavy atom. The van der Waals surface area contributed by atoms with E-state index in [1.165, 1.54) is 18.9 Å². The van der Waals surface area contributed by atoms with Crippen molar-refractivity contribution in [1.82, 2.24) is 0 Å². The Morgan fingerprint density at radius 2 is 1.25 bits per heavy atom. The fourth-order valence-electron chi connectivity index (χ4n) is 3.48. The lowest BCUT2D eigenvalue weighted by Gasteiger charge is -2.27. The molecule has 24 heavy (non-hydrogen) atoms. The highest BCUT2D eigenvalue weighted by Gasteiger charge is 2.29. The molecular weight excluding hydrogens is 304 g/mol. The van der Waals surface area contributed by atoms with E-state index < -0.39 is 11.4 Å². The lowest BCUT2D eigenvalue weighted by atomic mass is 9.86. The fraction of sp³-hybridized carbons (Fsp3) is 0.800. The van der Waals surface area contributed by atoms with Crippen molar-refractivity contribution in [2.75, 3.05) is 0 Å². The Morgan fingerprint density at radius 3 is 1.71 bits per heavy atom. The van der Waals surface area contributed by atoms with Crippen molar-refractivity contribution in [3.63, 3.8) is 0 Å². The molecule has 0 bridgehead atoms. The molecule has 0 aromatic heterocycles. The first-order valence-corrected chi connectivity index (χ1v) is 9.50. The van der Waals surface area contributed by atoms with E-state index in [-0.39, 0.29) is 18.2 Å². The van der Waals surface area contributed by atoms with E-state index in [2.05, 4.69) is 0 Å². The van der Waals surface area contributed by atoms with Crippen LogP contribution in [0.1, 0.15) is 85.0 Å². The molecule has 0 radical (unpaired) electrons. The van der Waals surface area contributed by atoms with Crippen LogP contribution in [0.15, 0.2) is 11.6 Å². The number of carbonyl (C=O) groups excluding carboxylic acids is 2. The molecule has 0 N–H and O–H groups in total. The van der Waals surface area contributed by atoms with Gasteiger partial charge in [-0.3, -0.25) is 0 Å². The summed E-state index contributed by atoms with van der Waals surface area (Å²) < 4.78 is 11.2. The van der Waals surface area contributed by atoms with Crippen LogP contribution in [0.4, 0.5) is 0 Å². The number of hydrogen-bond acceptors (Lipinski definition) is 4. The molecule has 0 heterocycles. The van der Waals surface area contributed by atoms with Crippen LogP contribution in [0.2, 0.25) is 0 Å². The van der Waals surface area contributed by atoms with Gasteiger partial charge in [-0.2, -0.15) is 0 Å². The first kappa shape index (κ1) is 19.0. The Kier molecular flexibility index (Phi) is 6.88. The van der Waals surface area contributed by atoms with Gasteiger partial charge in [0, 0.05) is 11.6 Å². The van der Waals surface area contributed by atoms with Crippen molar-refractivity contribution in [1.29, 1.82) is 0 Å². The van der Waals surface area contributed by atoms with Crippen LogP contribution in [-0.4, -0.2) is 24.1 Å². The standard InChI is InChI=1S/C20H32O4/c1-20(2,3)17(19(22)24-16-12-8-5-9-13-16)14-18(21)23-15-10-6-4-7-11-15/h14-16H,4-13H2,1-3H3. The highest BCUT2D eigenvalue weighted by atomic mass is 16.5. The van der Waals surface area contributed by atoms with Crippen LogP contribution < -0.4 is 0 Å². The molecule has 2 aliphatic carbocycles. The van der Waals surface area contributed by atoms with Gasteiger partial charge in [-0.15, -0.1) is 0 Å². The first-order chi connectivity index (χ1) is 11.4. The molecule has 2 saturated carbocycles. The maximum atomic E-state index is 12.6. The SMILES string of the molecule is CC(C)(C)C(=CC(=O)OC1CCCCC1)C(=O)OC1CCCCC1. The Bertz CT molecular complexity index is 461. The third-order valence-corrected chi connectivity index (χ3v) is 4.95. The molecule has 136 valence electrons. The summed E-state index contributed by atoms with van der Waals surface area (Å²) >= 11 is 0. The highest BCUT2D eigenvalue weighted by Crippen LogP contribution is 2.29. The topological polar surface area (TPSA) is 52.6 Å². The lowest BCUT2D eigenvalue weighted by Crippen LogP contribution is -2.28. The molecule has 2 fully saturated rings. The van der Waals surface area contributed by atoms with Gasteiger partial charge in [-0.25, -0.2) is 9.59 Å². The molecule has 0 unspecified atom stereocenters. The number of rotatable bonds is 4. The normalized spacial score (nSPS) is 21.4. The maximum Gasteiger partial charge on any atom is 0.335 e. The minimum atomic E-state index is -0.447. The van der Waals surface area contributed by atoms with Crippen molar-refractivity contribution in [2.45, 2.75) is 97.2 Å². The minimum absolute atomic E-state index is 0.00177. The molecule has 0 aromatic carbocycles. The summed E-state index contributed by atoms with van der Waals surface area (Å²) in [5.41, 5.74) is -0.0361. The van der Waals surface area contributed by atoms with Crippen LogP contribution in [0.5, 0.6) is 0 Å². The number of carbonyl (C=O) groups is 2. The van der Waals surface area contributed by atoms with Crippen LogP contribution in [0, 0.1) is 5.41 Å². The van der Waals surface area contributed by atoms with E-state index in [9.17, 15) is 9.59 Å². The first-order valence-electron chi connectivity index (χ1n) is 9.50. The van der Waals surface area contributed by atoms with E-state index in [1.807, 2.05) is 20.8 Å². The van der Waals surface area contributed by atoms with Gasteiger partial charge in [-0.1, -0.05) is 33.6 Å². The zero-order valence-corrected chi connectivity index (χ0v) is 15.4. The van der Waals surface area contributed by atoms with Crippen molar-refractivity contribution in [3.8, 4) is 0 Å². The molecule has 4 nitrogen and oxygen atoms in total. The Balaban J connectivity index is 2.00. The van der Waals surface area contributed by atoms with Crippen molar-refractivity contribution in [3.05, 3.63) is 11.6 Å². The van der Waals surface area contributed by atoms with Gasteiger partial charge in [0.05, 0.1) is 0 Å². The van der Waals surface area contributed by atoms with Gasteiger partial charge in [0.15, 0.2) is 0 Å². The molecule has 0 amide bonds. The summed E-state index contributed by atoms with van der Waals surface area (Å²) in [6.07, 6.45) is 11.9. The monoisotopic (exact) mass is 336 g/mol. The maximum absolute atomic E-state index is 12.6. The average Bonchev–Trinajstić information content (AvgIpc) is 2.53. The molecule has 0 aromatic rings. The Hall–Kier alpha value is -1.32. The van der Waals surface area contributed by atoms with Crippen LogP contribution >= 0.6 is 0 Å². The van der Waals surface area contributed by atoms with Gasteiger partial charge < -0.3 is 9.47 Å². The van der Waals surface area contributed by atoms with Gasteiger partial charge in [-0.05, 0) is 56.8 Å². The van der Waals surface area contributed by atoms with Gasteiger partial charge in [0.25, 0.3) is 0 Å². The third kappa shape index (κ3) is 5.95. The third-order valence-electron chi connectivity index (χ3n) is 4.95. The molecular formula is C20H32O4. The summed E-state index contributed by atoms with van der Waals surface area (Å²) in [6, 6.07) is 0. The summed E-state index contributed by atoms with van der Waals surface area (Å²) in [5, 5.41) is 0. The van der Waals surface area contributed by atoms with E-state index in [1.54, 1.807) is 0 Å². The van der Waals surface area contributed by atoms with Gasteiger partial charge in [0.1, 0.15) is 12.2 Å². The quantitative estimate of drug-likeness (QED) is 0.551.